The Kier molecular flexibility index (Phi) is 7.89. The first-order valence-electron chi connectivity index (χ1n) is 11.9. The van der Waals surface area contributed by atoms with Crippen molar-refractivity contribution in [1.82, 2.24) is 39.8 Å². The van der Waals surface area contributed by atoms with Crippen LogP contribution in [-0.4, -0.2) is 105 Å². The number of tetrazole rings is 1. The number of aliphatic carboxylic acids is 1. The van der Waals surface area contributed by atoms with Gasteiger partial charge in [0, 0.05) is 11.5 Å². The quantitative estimate of drug-likeness (QED) is 0.103. The number of carbonyl (C=O) groups excluding carboxylic acids is 2. The van der Waals surface area contributed by atoms with Crippen LogP contribution in [0.1, 0.15) is 31.5 Å². The van der Waals surface area contributed by atoms with Crippen molar-refractivity contribution in [2.75, 3.05) is 24.7 Å². The Balaban J connectivity index is 1.29. The van der Waals surface area contributed by atoms with E-state index in [4.69, 9.17) is 20.4 Å². The zero-order valence-electron chi connectivity index (χ0n) is 20.3. The summed E-state index contributed by atoms with van der Waals surface area (Å²) in [6, 6.07) is -1.82. The minimum atomic E-state index is -1.36. The highest BCUT2D eigenvalue weighted by Gasteiger charge is 2.55. The number of aliphatic hydroxyl groups is 1. The van der Waals surface area contributed by atoms with E-state index in [1.165, 1.54) is 4.68 Å². The van der Waals surface area contributed by atoms with E-state index in [2.05, 4.69) is 35.4 Å². The van der Waals surface area contributed by atoms with Crippen LogP contribution >= 0.6 is 23.3 Å². The summed E-state index contributed by atoms with van der Waals surface area (Å²) in [6.45, 7) is -0.0761. The van der Waals surface area contributed by atoms with Crippen LogP contribution in [0.15, 0.2) is 21.8 Å². The Morgan fingerprint density at radius 3 is 2.82 bits per heavy atom. The van der Waals surface area contributed by atoms with E-state index in [1.807, 2.05) is 0 Å². The number of ether oxygens (including phenoxy) is 1. The molecule has 5 rings (SSSR count). The molecule has 0 radical (unpaired) electrons. The van der Waals surface area contributed by atoms with Crippen LogP contribution in [0, 0.1) is 0 Å². The van der Waals surface area contributed by atoms with E-state index in [9.17, 15) is 19.5 Å². The van der Waals surface area contributed by atoms with E-state index in [0.29, 0.717) is 5.16 Å². The molecule has 2 amide bonds. The molecule has 19 heteroatoms. The molecule has 1 saturated heterocycles. The first-order chi connectivity index (χ1) is 18.9. The summed E-state index contributed by atoms with van der Waals surface area (Å²) in [6.07, 6.45) is 3.47. The average molecular weight is 581 g/mol. The number of hydrogen-bond acceptors (Lipinski definition) is 15. The van der Waals surface area contributed by atoms with Gasteiger partial charge in [0.25, 0.3) is 11.8 Å². The van der Waals surface area contributed by atoms with Gasteiger partial charge in [0.1, 0.15) is 30.6 Å². The molecule has 208 valence electrons. The lowest BCUT2D eigenvalue weighted by Crippen LogP contribution is -2.73. The zero-order valence-corrected chi connectivity index (χ0v) is 21.9. The van der Waals surface area contributed by atoms with E-state index in [1.54, 1.807) is 0 Å². The summed E-state index contributed by atoms with van der Waals surface area (Å²) in [7, 11) is 0. The zero-order chi connectivity index (χ0) is 27.5. The fourth-order valence-corrected chi connectivity index (χ4v) is 5.67. The Morgan fingerprint density at radius 1 is 1.33 bits per heavy atom. The van der Waals surface area contributed by atoms with Gasteiger partial charge in [0.05, 0.1) is 18.9 Å². The molecule has 0 bridgehead atoms. The number of carbonyl (C=O) groups is 3. The number of hydrogen-bond donors (Lipinski definition) is 4. The summed E-state index contributed by atoms with van der Waals surface area (Å²) in [4.78, 5) is 49.0. The molecule has 5 N–H and O–H groups in total. The molecule has 3 aliphatic rings. The van der Waals surface area contributed by atoms with Gasteiger partial charge in [-0.25, -0.2) is 9.48 Å². The van der Waals surface area contributed by atoms with Crippen LogP contribution in [0.5, 0.6) is 0 Å². The van der Waals surface area contributed by atoms with Crippen molar-refractivity contribution in [3.05, 3.63) is 17.3 Å². The van der Waals surface area contributed by atoms with Crippen LogP contribution < -0.4 is 11.1 Å². The first-order valence-corrected chi connectivity index (χ1v) is 13.7. The van der Waals surface area contributed by atoms with Gasteiger partial charge in [-0.15, -0.1) is 5.10 Å². The molecule has 39 heavy (non-hydrogen) atoms. The smallest absolute Gasteiger partial charge is 0.356 e. The molecule has 1 saturated carbocycles. The maximum atomic E-state index is 13.2. The second-order valence-electron chi connectivity index (χ2n) is 8.72. The highest BCUT2D eigenvalue weighted by Crippen LogP contribution is 2.34. The number of fused-ring (bicyclic) bond motifs is 1. The van der Waals surface area contributed by atoms with Crippen molar-refractivity contribution >= 4 is 51.9 Å². The van der Waals surface area contributed by atoms with Gasteiger partial charge < -0.3 is 30.8 Å². The molecule has 2 fully saturated rings. The summed E-state index contributed by atoms with van der Waals surface area (Å²) < 4.78 is 11.1. The number of nitrogens with one attached hydrogen (secondary N) is 1. The van der Waals surface area contributed by atoms with Gasteiger partial charge in [-0.3, -0.25) is 14.5 Å². The maximum Gasteiger partial charge on any atom is 0.356 e. The van der Waals surface area contributed by atoms with Crippen molar-refractivity contribution in [2.45, 2.75) is 55.6 Å². The largest absolute Gasteiger partial charge is 0.492 e. The van der Waals surface area contributed by atoms with Crippen LogP contribution in [0.2, 0.25) is 0 Å². The third kappa shape index (κ3) is 5.50. The number of oxime groups is 1. The number of carboxylic acid groups (broad SMARTS) is 1. The normalized spacial score (nSPS) is 21.4. The molecular weight excluding hydrogens is 556 g/mol. The number of rotatable bonds is 11. The lowest BCUT2D eigenvalue weighted by Gasteiger charge is -2.49. The van der Waals surface area contributed by atoms with Crippen molar-refractivity contribution in [2.24, 2.45) is 5.16 Å². The standard InChI is InChI=1S/C20H24N10O7S2/c21-19-23-15(26-39-19)13(25-37-9-3-1-2-4-9)16(32)22-12-10-7-36-11(14(18(34)35)30(10)17(12)33)8-38-20-24-27-28-29(20)5-6-31/h9-10,12,31H,1-8H2,(H,22,32)(H,34,35)(H2,21,23,26)/b25-13-/t10-,12+/m1/s1. The number of carboxylic acids is 1. The number of thioether (sulfide) groups is 1. The number of nitrogens with two attached hydrogens (primary N) is 1. The van der Waals surface area contributed by atoms with Crippen LogP contribution in [-0.2, 0) is 30.5 Å². The SMILES string of the molecule is Nc1nc(/C(=N/OC2CCCC2)C(=O)N[C@@H]2C(=O)N3C(C(=O)O)=C(CSc4nnnn4CCO)OC[C@H]23)ns1. The lowest BCUT2D eigenvalue weighted by atomic mass is 9.92. The third-order valence-corrected chi connectivity index (χ3v) is 7.75. The van der Waals surface area contributed by atoms with Crippen LogP contribution in [0.25, 0.3) is 0 Å². The Hall–Kier alpha value is -3.84. The first kappa shape index (κ1) is 26.8. The van der Waals surface area contributed by atoms with E-state index in [-0.39, 0.29) is 59.7 Å². The summed E-state index contributed by atoms with van der Waals surface area (Å²) in [5.41, 5.74) is 5.11. The van der Waals surface area contributed by atoms with E-state index < -0.39 is 29.9 Å². The van der Waals surface area contributed by atoms with Crippen LogP contribution in [0.4, 0.5) is 5.13 Å². The summed E-state index contributed by atoms with van der Waals surface area (Å²) in [5.74, 6) is -2.71. The molecule has 0 spiro atoms. The lowest BCUT2D eigenvalue weighted by molar-refractivity contribution is -0.160. The Labute approximate surface area is 228 Å². The number of nitrogens with zero attached hydrogens (tertiary/aromatic N) is 8. The number of aromatic nitrogens is 6. The van der Waals surface area contributed by atoms with E-state index in [0.717, 1.165) is 53.9 Å². The minimum Gasteiger partial charge on any atom is -0.492 e. The second-order valence-corrected chi connectivity index (χ2v) is 10.4. The molecule has 17 nitrogen and oxygen atoms in total. The Bertz CT molecular complexity index is 1320. The van der Waals surface area contributed by atoms with Gasteiger partial charge in [0.2, 0.25) is 16.7 Å². The monoisotopic (exact) mass is 580 g/mol. The topological polar surface area (TPSA) is 233 Å². The highest BCUT2D eigenvalue weighted by molar-refractivity contribution is 7.99. The number of nitrogen functional groups attached to an aromatic ring is 1. The van der Waals surface area contributed by atoms with Gasteiger partial charge in [-0.1, -0.05) is 16.9 Å². The molecule has 2 aromatic rings. The molecule has 0 unspecified atom stereocenters. The van der Waals surface area contributed by atoms with Gasteiger partial charge in [-0.2, -0.15) is 9.36 Å². The molecule has 2 aliphatic heterocycles. The van der Waals surface area contributed by atoms with Crippen LogP contribution in [0.3, 0.4) is 0 Å². The second kappa shape index (κ2) is 11.5. The molecule has 4 heterocycles. The molecule has 2 aromatic heterocycles. The number of aliphatic hydroxyl groups excluding tert-OH is 1. The number of amides is 2. The number of anilines is 1. The minimum absolute atomic E-state index is 0.0210. The highest BCUT2D eigenvalue weighted by atomic mass is 32.2. The molecule has 0 aromatic carbocycles. The third-order valence-electron chi connectivity index (χ3n) is 6.25. The molecule has 2 atom stereocenters. The maximum absolute atomic E-state index is 13.2. The van der Waals surface area contributed by atoms with Gasteiger partial charge >= 0.3 is 5.97 Å². The van der Waals surface area contributed by atoms with Crippen molar-refractivity contribution in [3.63, 3.8) is 0 Å². The predicted molar refractivity (Wildman–Crippen MR) is 133 cm³/mol. The summed E-state index contributed by atoms with van der Waals surface area (Å²) in [5, 5.41) is 37.2. The van der Waals surface area contributed by atoms with E-state index >= 15 is 0 Å². The Morgan fingerprint density at radius 2 is 2.13 bits per heavy atom. The molecular formula is C20H24N10O7S2. The number of β-lactam (4-membered cyclic amide) rings is 1. The van der Waals surface area contributed by atoms with Crippen molar-refractivity contribution < 1.29 is 34.2 Å². The molecule has 1 aliphatic carbocycles. The van der Waals surface area contributed by atoms with Gasteiger partial charge in [-0.05, 0) is 36.1 Å². The van der Waals surface area contributed by atoms with Gasteiger partial charge in [0.15, 0.2) is 10.8 Å². The van der Waals surface area contributed by atoms with Crippen molar-refractivity contribution in [3.8, 4) is 0 Å². The fourth-order valence-electron chi connectivity index (χ4n) is 4.38. The predicted octanol–water partition coefficient (Wildman–Crippen LogP) is -1.42. The summed E-state index contributed by atoms with van der Waals surface area (Å²) >= 11 is 1.97. The fraction of sp³-hybridized carbons (Fsp3) is 0.550. The van der Waals surface area contributed by atoms with Crippen molar-refractivity contribution in [1.29, 1.82) is 0 Å². The average Bonchev–Trinajstić information content (AvgIpc) is 3.69.